The van der Waals surface area contributed by atoms with Crippen molar-refractivity contribution < 1.29 is 22.4 Å². The van der Waals surface area contributed by atoms with Crippen LogP contribution in [-0.4, -0.2) is 15.8 Å². The van der Waals surface area contributed by atoms with Gasteiger partial charge in [0.05, 0.1) is 21.9 Å². The van der Waals surface area contributed by atoms with Crippen LogP contribution < -0.4 is 10.6 Å². The summed E-state index contributed by atoms with van der Waals surface area (Å²) in [7, 11) is 1.77. The molecule has 2 amide bonds. The van der Waals surface area contributed by atoms with Crippen LogP contribution in [0, 0.1) is 5.82 Å². The van der Waals surface area contributed by atoms with Crippen LogP contribution in [0.2, 0.25) is 0 Å². The first-order chi connectivity index (χ1) is 13.1. The summed E-state index contributed by atoms with van der Waals surface area (Å²) in [5.41, 5.74) is 0.524. The lowest BCUT2D eigenvalue weighted by atomic mass is 10.1. The van der Waals surface area contributed by atoms with E-state index in [4.69, 9.17) is 0 Å². The number of halogens is 5. The van der Waals surface area contributed by atoms with Gasteiger partial charge in [0, 0.05) is 24.0 Å². The number of carbonyl (C=O) groups is 1. The first kappa shape index (κ1) is 19.9. The molecule has 0 aliphatic heterocycles. The van der Waals surface area contributed by atoms with Gasteiger partial charge in [-0.1, -0.05) is 12.1 Å². The van der Waals surface area contributed by atoms with Crippen molar-refractivity contribution in [3.8, 4) is 11.3 Å². The number of rotatable bonds is 3. The van der Waals surface area contributed by atoms with Crippen LogP contribution in [0.1, 0.15) is 5.56 Å². The van der Waals surface area contributed by atoms with E-state index in [1.807, 2.05) is 6.07 Å². The first-order valence-electron chi connectivity index (χ1n) is 7.88. The Morgan fingerprint density at radius 3 is 2.36 bits per heavy atom. The van der Waals surface area contributed by atoms with Gasteiger partial charge in [-0.25, -0.2) is 9.18 Å². The summed E-state index contributed by atoms with van der Waals surface area (Å²) < 4.78 is 53.8. The van der Waals surface area contributed by atoms with Crippen molar-refractivity contribution in [3.63, 3.8) is 0 Å². The maximum Gasteiger partial charge on any atom is 0.419 e. The monoisotopic (exact) mass is 456 g/mol. The highest BCUT2D eigenvalue weighted by Crippen LogP contribution is 2.32. The molecule has 1 aromatic heterocycles. The van der Waals surface area contributed by atoms with Gasteiger partial charge in [0.25, 0.3) is 0 Å². The largest absolute Gasteiger partial charge is 0.419 e. The Balaban J connectivity index is 1.74. The van der Waals surface area contributed by atoms with Gasteiger partial charge in [0.15, 0.2) is 0 Å². The molecule has 0 spiro atoms. The molecule has 0 saturated carbocycles. The van der Waals surface area contributed by atoms with Gasteiger partial charge in [0.2, 0.25) is 0 Å². The molecular weight excluding hydrogens is 444 g/mol. The molecule has 0 radical (unpaired) electrons. The summed E-state index contributed by atoms with van der Waals surface area (Å²) in [4.78, 5) is 12.1. The fourth-order valence-corrected chi connectivity index (χ4v) is 3.17. The minimum absolute atomic E-state index is 0.103. The van der Waals surface area contributed by atoms with Crippen molar-refractivity contribution >= 4 is 33.3 Å². The number of anilines is 2. The number of aromatic nitrogens is 2. The molecular formula is C18H13BrF4N4O. The quantitative estimate of drug-likeness (QED) is 0.500. The maximum atomic E-state index is 13.6. The fraction of sp³-hybridized carbons (Fsp3) is 0.111. The first-order valence-corrected chi connectivity index (χ1v) is 8.67. The average molecular weight is 457 g/mol. The highest BCUT2D eigenvalue weighted by atomic mass is 79.9. The van der Waals surface area contributed by atoms with Gasteiger partial charge in [0.1, 0.15) is 5.82 Å². The zero-order valence-electron chi connectivity index (χ0n) is 14.3. The van der Waals surface area contributed by atoms with Gasteiger partial charge < -0.3 is 10.6 Å². The summed E-state index contributed by atoms with van der Waals surface area (Å²) in [5, 5.41) is 8.99. The Morgan fingerprint density at radius 1 is 1.11 bits per heavy atom. The third-order valence-corrected chi connectivity index (χ3v) is 4.40. The molecule has 0 aliphatic carbocycles. The normalized spacial score (nSPS) is 11.4. The third-order valence-electron chi connectivity index (χ3n) is 3.82. The lowest BCUT2D eigenvalue weighted by Gasteiger charge is -2.12. The second-order valence-corrected chi connectivity index (χ2v) is 6.67. The van der Waals surface area contributed by atoms with E-state index in [1.54, 1.807) is 36.1 Å². The maximum absolute atomic E-state index is 13.6. The summed E-state index contributed by atoms with van der Waals surface area (Å²) in [6, 6.07) is 8.35. The minimum Gasteiger partial charge on any atom is -0.308 e. The molecule has 0 saturated heterocycles. The number of benzene rings is 2. The van der Waals surface area contributed by atoms with Crippen molar-refractivity contribution in [2.24, 2.45) is 7.05 Å². The fourth-order valence-electron chi connectivity index (χ4n) is 2.60. The van der Waals surface area contributed by atoms with Crippen LogP contribution in [0.3, 0.4) is 0 Å². The Kier molecular flexibility index (Phi) is 5.41. The second kappa shape index (κ2) is 7.63. The number of nitrogens with zero attached hydrogens (tertiary/aromatic N) is 2. The molecule has 0 bridgehead atoms. The lowest BCUT2D eigenvalue weighted by molar-refractivity contribution is -0.139. The van der Waals surface area contributed by atoms with E-state index in [9.17, 15) is 22.4 Å². The summed E-state index contributed by atoms with van der Waals surface area (Å²) in [5.74, 6) is -1.46. The molecule has 0 atom stereocenters. The molecule has 5 nitrogen and oxygen atoms in total. The molecule has 2 N–H and O–H groups in total. The molecule has 3 aromatic rings. The van der Waals surface area contributed by atoms with E-state index in [0.29, 0.717) is 17.8 Å². The minimum atomic E-state index is -4.80. The van der Waals surface area contributed by atoms with Gasteiger partial charge in [-0.05, 0) is 46.3 Å². The number of urea groups is 1. The molecule has 0 aliphatic rings. The summed E-state index contributed by atoms with van der Waals surface area (Å²) >= 11 is 3.40. The number of amides is 2. The van der Waals surface area contributed by atoms with Crippen LogP contribution in [0.5, 0.6) is 0 Å². The Bertz CT molecular complexity index is 1010. The van der Waals surface area contributed by atoms with Crippen molar-refractivity contribution in [2.45, 2.75) is 6.18 Å². The molecule has 0 unspecified atom stereocenters. The van der Waals surface area contributed by atoms with Crippen LogP contribution in [0.15, 0.2) is 53.1 Å². The molecule has 1 heterocycles. The molecule has 2 aromatic carbocycles. The molecule has 146 valence electrons. The highest BCUT2D eigenvalue weighted by Gasteiger charge is 2.33. The van der Waals surface area contributed by atoms with Crippen molar-refractivity contribution in [2.75, 3.05) is 10.6 Å². The number of carbonyl (C=O) groups excluding carboxylic acids is 1. The van der Waals surface area contributed by atoms with Gasteiger partial charge in [-0.3, -0.25) is 4.68 Å². The van der Waals surface area contributed by atoms with E-state index in [1.165, 1.54) is 0 Å². The zero-order valence-corrected chi connectivity index (χ0v) is 15.9. The lowest BCUT2D eigenvalue weighted by Crippen LogP contribution is -2.20. The van der Waals surface area contributed by atoms with Crippen molar-refractivity contribution in [3.05, 3.63) is 64.5 Å². The van der Waals surface area contributed by atoms with Crippen LogP contribution in [0.25, 0.3) is 11.3 Å². The van der Waals surface area contributed by atoms with Gasteiger partial charge in [-0.2, -0.15) is 18.3 Å². The van der Waals surface area contributed by atoms with E-state index in [-0.39, 0.29) is 5.69 Å². The van der Waals surface area contributed by atoms with E-state index < -0.39 is 23.6 Å². The molecule has 28 heavy (non-hydrogen) atoms. The van der Waals surface area contributed by atoms with Crippen LogP contribution in [0.4, 0.5) is 33.7 Å². The van der Waals surface area contributed by atoms with Crippen LogP contribution in [-0.2, 0) is 13.2 Å². The molecule has 10 heteroatoms. The number of hydrogen-bond acceptors (Lipinski definition) is 2. The molecule has 0 fully saturated rings. The highest BCUT2D eigenvalue weighted by molar-refractivity contribution is 9.10. The summed E-state index contributed by atoms with van der Waals surface area (Å²) in [6.45, 7) is 0. The predicted molar refractivity (Wildman–Crippen MR) is 100 cm³/mol. The number of nitrogens with one attached hydrogen (secondary N) is 2. The SMILES string of the molecule is Cn1ncc(Br)c1-c1cccc(NC(=O)Nc2ccc(C(F)(F)F)c(F)c2)c1. The van der Waals surface area contributed by atoms with Crippen molar-refractivity contribution in [1.29, 1.82) is 0 Å². The van der Waals surface area contributed by atoms with Crippen LogP contribution >= 0.6 is 15.9 Å². The number of aryl methyl sites for hydroxylation is 1. The summed E-state index contributed by atoms with van der Waals surface area (Å²) in [6.07, 6.45) is -3.16. The average Bonchev–Trinajstić information content (AvgIpc) is 2.92. The van der Waals surface area contributed by atoms with E-state index in [2.05, 4.69) is 31.7 Å². The number of alkyl halides is 3. The number of hydrogen-bond donors (Lipinski definition) is 2. The Hall–Kier alpha value is -2.88. The standard InChI is InChI=1S/C18H13BrF4N4O/c1-27-16(14(19)9-24-27)10-3-2-4-11(7-10)25-17(28)26-12-5-6-13(15(20)8-12)18(21,22)23/h2-9H,1H3,(H2,25,26,28). The second-order valence-electron chi connectivity index (χ2n) is 5.82. The molecule has 3 rings (SSSR count). The van der Waals surface area contributed by atoms with Gasteiger partial charge in [-0.15, -0.1) is 0 Å². The smallest absolute Gasteiger partial charge is 0.308 e. The van der Waals surface area contributed by atoms with E-state index >= 15 is 0 Å². The topological polar surface area (TPSA) is 59.0 Å². The predicted octanol–water partition coefficient (Wildman–Crippen LogP) is 5.65. The Morgan fingerprint density at radius 2 is 1.79 bits per heavy atom. The van der Waals surface area contributed by atoms with Gasteiger partial charge >= 0.3 is 12.2 Å². The van der Waals surface area contributed by atoms with Crippen molar-refractivity contribution in [1.82, 2.24) is 9.78 Å². The third kappa shape index (κ3) is 4.33. The zero-order chi connectivity index (χ0) is 20.5. The Labute approximate surface area is 165 Å². The van der Waals surface area contributed by atoms with E-state index in [0.717, 1.165) is 21.8 Å².